The predicted octanol–water partition coefficient (Wildman–Crippen LogP) is 5.89. The summed E-state index contributed by atoms with van der Waals surface area (Å²) in [7, 11) is 0.966. The lowest BCUT2D eigenvalue weighted by molar-refractivity contribution is -0.0609. The van der Waals surface area contributed by atoms with Crippen LogP contribution < -0.4 is 9.47 Å². The monoisotopic (exact) mass is 425 g/mol. The molecule has 0 heterocycles. The predicted molar refractivity (Wildman–Crippen MR) is 107 cm³/mol. The molecule has 0 aliphatic heterocycles. The van der Waals surface area contributed by atoms with Crippen molar-refractivity contribution in [2.75, 3.05) is 13.7 Å². The summed E-state index contributed by atoms with van der Waals surface area (Å²) in [5.74, 6) is 0.239. The van der Waals surface area contributed by atoms with Crippen LogP contribution in [0.25, 0.3) is 0 Å². The van der Waals surface area contributed by atoms with E-state index >= 15 is 0 Å². The second-order valence-corrected chi connectivity index (χ2v) is 6.49. The zero-order valence-electron chi connectivity index (χ0n) is 17.1. The first-order valence-corrected chi connectivity index (χ1v) is 9.12. The third-order valence-electron chi connectivity index (χ3n) is 4.14. The highest BCUT2D eigenvalue weighted by Crippen LogP contribution is 2.30. The average Bonchev–Trinajstić information content (AvgIpc) is 2.65. The Morgan fingerprint density at radius 3 is 2.27 bits per heavy atom. The van der Waals surface area contributed by atoms with E-state index < -0.39 is 23.3 Å². The topological polar surface area (TPSA) is 40.0 Å². The van der Waals surface area contributed by atoms with E-state index in [9.17, 15) is 17.6 Å². The van der Waals surface area contributed by atoms with Gasteiger partial charge in [0.05, 0.1) is 0 Å². The van der Waals surface area contributed by atoms with Crippen molar-refractivity contribution < 1.29 is 31.9 Å². The molecule has 0 atom stereocenters. The highest BCUT2D eigenvalue weighted by atomic mass is 19.4. The second-order valence-electron chi connectivity index (χ2n) is 6.49. The Bertz CT molecular complexity index is 913. The standard InChI is InChI=1S/C22H23F4NO3/c1-5-6-9-29-17-10-14(2)20(15(3)11-17)30-13-16-7-8-18(19(23)12-16)21(27-28-4)22(24,25)26/h5-8,10-12H,9,13H2,1-4H3/b6-5+,27-21?. The van der Waals surface area contributed by atoms with E-state index in [1.54, 1.807) is 0 Å². The lowest BCUT2D eigenvalue weighted by atomic mass is 10.1. The molecule has 4 nitrogen and oxygen atoms in total. The third kappa shape index (κ3) is 5.98. The maximum atomic E-state index is 14.3. The summed E-state index contributed by atoms with van der Waals surface area (Å²) < 4.78 is 64.9. The van der Waals surface area contributed by atoms with E-state index in [1.165, 1.54) is 6.07 Å². The van der Waals surface area contributed by atoms with Crippen LogP contribution >= 0.6 is 0 Å². The molecular weight excluding hydrogens is 402 g/mol. The van der Waals surface area contributed by atoms with E-state index in [1.807, 2.05) is 45.1 Å². The van der Waals surface area contributed by atoms with Crippen LogP contribution in [0.15, 0.2) is 47.6 Å². The molecule has 0 N–H and O–H groups in total. The largest absolute Gasteiger partial charge is 0.490 e. The normalized spacial score (nSPS) is 12.3. The molecule has 0 unspecified atom stereocenters. The molecule has 162 valence electrons. The van der Waals surface area contributed by atoms with E-state index in [0.717, 1.165) is 30.4 Å². The minimum absolute atomic E-state index is 0.0135. The Morgan fingerprint density at radius 2 is 1.73 bits per heavy atom. The van der Waals surface area contributed by atoms with Gasteiger partial charge in [-0.05, 0) is 61.7 Å². The molecule has 0 aromatic heterocycles. The number of allylic oxidation sites excluding steroid dienone is 1. The molecule has 30 heavy (non-hydrogen) atoms. The van der Waals surface area contributed by atoms with Crippen LogP contribution in [0.1, 0.15) is 29.2 Å². The van der Waals surface area contributed by atoms with Gasteiger partial charge in [0.25, 0.3) is 0 Å². The fourth-order valence-corrected chi connectivity index (χ4v) is 2.80. The third-order valence-corrected chi connectivity index (χ3v) is 4.14. The number of rotatable bonds is 8. The van der Waals surface area contributed by atoms with Crippen molar-refractivity contribution in [1.29, 1.82) is 0 Å². The molecule has 0 amide bonds. The lowest BCUT2D eigenvalue weighted by Crippen LogP contribution is -2.25. The summed E-state index contributed by atoms with van der Waals surface area (Å²) in [5, 5.41) is 2.91. The Hall–Kier alpha value is -3.03. The quantitative estimate of drug-likeness (QED) is 0.229. The Labute approximate surface area is 172 Å². The summed E-state index contributed by atoms with van der Waals surface area (Å²) in [6, 6.07) is 7.01. The van der Waals surface area contributed by atoms with Gasteiger partial charge in [-0.2, -0.15) is 13.2 Å². The van der Waals surface area contributed by atoms with Crippen LogP contribution in [0, 0.1) is 19.7 Å². The molecule has 0 radical (unpaired) electrons. The number of benzene rings is 2. The summed E-state index contributed by atoms with van der Waals surface area (Å²) >= 11 is 0. The number of ether oxygens (including phenoxy) is 2. The van der Waals surface area contributed by atoms with E-state index in [0.29, 0.717) is 23.7 Å². The van der Waals surface area contributed by atoms with Gasteiger partial charge < -0.3 is 14.3 Å². The van der Waals surface area contributed by atoms with Crippen molar-refractivity contribution in [1.82, 2.24) is 0 Å². The van der Waals surface area contributed by atoms with Crippen molar-refractivity contribution >= 4 is 5.71 Å². The highest BCUT2D eigenvalue weighted by molar-refractivity contribution is 6.04. The van der Waals surface area contributed by atoms with Crippen LogP contribution in [-0.2, 0) is 11.4 Å². The van der Waals surface area contributed by atoms with Gasteiger partial charge in [0.2, 0.25) is 0 Å². The molecule has 2 aromatic rings. The lowest BCUT2D eigenvalue weighted by Gasteiger charge is -2.15. The number of oxime groups is 1. The molecule has 2 rings (SSSR count). The first kappa shape index (κ1) is 23.3. The van der Waals surface area contributed by atoms with Gasteiger partial charge in [-0.15, -0.1) is 0 Å². The first-order chi connectivity index (χ1) is 14.2. The van der Waals surface area contributed by atoms with E-state index in [4.69, 9.17) is 9.47 Å². The molecule has 0 saturated heterocycles. The van der Waals surface area contributed by atoms with Crippen molar-refractivity contribution in [3.8, 4) is 11.5 Å². The molecule has 2 aromatic carbocycles. The minimum Gasteiger partial charge on any atom is -0.490 e. The minimum atomic E-state index is -4.85. The molecule has 0 aliphatic carbocycles. The van der Waals surface area contributed by atoms with Gasteiger partial charge in [0, 0.05) is 5.56 Å². The van der Waals surface area contributed by atoms with E-state index in [-0.39, 0.29) is 6.61 Å². The van der Waals surface area contributed by atoms with Crippen LogP contribution in [0.5, 0.6) is 11.5 Å². The molecular formula is C22H23F4NO3. The van der Waals surface area contributed by atoms with Crippen molar-refractivity contribution in [2.45, 2.75) is 33.6 Å². The maximum Gasteiger partial charge on any atom is 0.437 e. The van der Waals surface area contributed by atoms with Crippen LogP contribution in [0.3, 0.4) is 0 Å². The number of hydrogen-bond donors (Lipinski definition) is 0. The fraction of sp³-hybridized carbons (Fsp3) is 0.318. The average molecular weight is 425 g/mol. The Balaban J connectivity index is 2.17. The van der Waals surface area contributed by atoms with Gasteiger partial charge in [0.1, 0.15) is 37.6 Å². The number of alkyl halides is 3. The molecule has 0 aliphatic rings. The van der Waals surface area contributed by atoms with Gasteiger partial charge in [-0.1, -0.05) is 23.4 Å². The zero-order chi connectivity index (χ0) is 22.3. The SMILES string of the molecule is C/C=C/COc1cc(C)c(OCc2ccc(C(=NOC)C(F)(F)F)c(F)c2)c(C)c1. The van der Waals surface area contributed by atoms with Gasteiger partial charge in [-0.25, -0.2) is 4.39 Å². The van der Waals surface area contributed by atoms with Crippen LogP contribution in [-0.4, -0.2) is 25.6 Å². The molecule has 8 heteroatoms. The summed E-state index contributed by atoms with van der Waals surface area (Å²) in [6.45, 7) is 6.05. The number of aryl methyl sites for hydroxylation is 2. The summed E-state index contributed by atoms with van der Waals surface area (Å²) in [6.07, 6.45) is -1.07. The van der Waals surface area contributed by atoms with Crippen LogP contribution in [0.2, 0.25) is 0 Å². The maximum absolute atomic E-state index is 14.3. The van der Waals surface area contributed by atoms with Gasteiger partial charge in [-0.3, -0.25) is 0 Å². The van der Waals surface area contributed by atoms with Crippen LogP contribution in [0.4, 0.5) is 17.6 Å². The highest BCUT2D eigenvalue weighted by Gasteiger charge is 2.39. The van der Waals surface area contributed by atoms with Gasteiger partial charge >= 0.3 is 6.18 Å². The zero-order valence-corrected chi connectivity index (χ0v) is 17.1. The Morgan fingerprint density at radius 1 is 1.07 bits per heavy atom. The molecule has 0 saturated carbocycles. The number of nitrogens with zero attached hydrogens (tertiary/aromatic N) is 1. The van der Waals surface area contributed by atoms with Crippen molar-refractivity contribution in [2.24, 2.45) is 5.16 Å². The molecule has 0 bridgehead atoms. The van der Waals surface area contributed by atoms with Gasteiger partial charge in [0.15, 0.2) is 5.71 Å². The molecule has 0 spiro atoms. The smallest absolute Gasteiger partial charge is 0.437 e. The second kappa shape index (κ2) is 10.1. The number of halogens is 4. The number of hydrogen-bond acceptors (Lipinski definition) is 4. The first-order valence-electron chi connectivity index (χ1n) is 9.12. The van der Waals surface area contributed by atoms with Crippen molar-refractivity contribution in [3.05, 3.63) is 70.6 Å². The fourth-order valence-electron chi connectivity index (χ4n) is 2.80. The Kier molecular flexibility index (Phi) is 7.86. The van der Waals surface area contributed by atoms with E-state index in [2.05, 4.69) is 9.99 Å². The summed E-state index contributed by atoms with van der Waals surface area (Å²) in [4.78, 5) is 4.20. The van der Waals surface area contributed by atoms with Crippen molar-refractivity contribution in [3.63, 3.8) is 0 Å². The molecule has 0 fully saturated rings. The summed E-state index contributed by atoms with van der Waals surface area (Å²) in [5.41, 5.74) is -0.0935.